The Hall–Kier alpha value is -17.2. The largest absolute Gasteiger partial charge is 0.508 e. The molecule has 24 rings (SSSR count). The standard InChI is InChI=1S/2C28H22N4O.C17H11BrN2.C12H14N2O.2C11H12N2O.C7H7IO.C5H8N2/c2*1-19-16-20(2)32(30-19)21-8-7-9-22(17-21)33-23-13-14-25-24-10-3-4-11-26(24)31(27(25)18-23)28-12-5-6-15-29-28;18-12-8-9-14-13-5-1-2-6-15(13)20(16(14)11-12)17-7-3-4-10-19-17;1-9-7-10(2)14(13-9)11-5-4-6-12(8-11)15-3;2*1-8-6-9(2)13(12-8)10-4-3-5-11(14)7-10;1-9-7-4-2-3-6(8)5-7;1-4-3-5(2)7-6-4/h2*3-18H,1-2H3;1-11H;4-8H,1-3H3;2*3-7,14H,1-2H3;2-5H,1H3;3H,1-2H3,(H,6,7). The van der Waals surface area contributed by atoms with E-state index in [4.69, 9.17) is 18.9 Å². The predicted octanol–water partition coefficient (Wildman–Crippen LogP) is 28.7. The van der Waals surface area contributed by atoms with E-state index in [0.717, 1.165) is 175 Å². The summed E-state index contributed by atoms with van der Waals surface area (Å²) in [7, 11) is 3.34. The first-order valence-corrected chi connectivity index (χ1v) is 49.0. The molecule has 0 aliphatic heterocycles. The highest BCUT2D eigenvalue weighted by atomic mass is 127. The number of rotatable bonds is 14. The molecule has 24 nitrogen and oxygen atoms in total. The number of methoxy groups -OCH3 is 2. The van der Waals surface area contributed by atoms with Crippen LogP contribution in [0.3, 0.4) is 0 Å². The second kappa shape index (κ2) is 45.6. The number of aryl methyl sites for hydroxylation is 12. The van der Waals surface area contributed by atoms with Crippen LogP contribution in [0.25, 0.3) is 111 Å². The minimum Gasteiger partial charge on any atom is -0.508 e. The van der Waals surface area contributed by atoms with E-state index >= 15 is 0 Å². The van der Waals surface area contributed by atoms with Crippen LogP contribution in [-0.2, 0) is 0 Å². The van der Waals surface area contributed by atoms with Crippen molar-refractivity contribution in [3.8, 4) is 91.9 Å². The molecule has 0 spiro atoms. The number of pyridine rings is 3. The summed E-state index contributed by atoms with van der Waals surface area (Å²) in [5.41, 5.74) is 24.0. The highest BCUT2D eigenvalue weighted by Crippen LogP contribution is 2.40. The third-order valence-corrected chi connectivity index (χ3v) is 24.7. The molecule has 145 heavy (non-hydrogen) atoms. The van der Waals surface area contributed by atoms with Crippen LogP contribution in [0.5, 0.6) is 46.0 Å². The molecule has 0 saturated carbocycles. The van der Waals surface area contributed by atoms with E-state index < -0.39 is 0 Å². The van der Waals surface area contributed by atoms with Gasteiger partial charge in [-0.1, -0.05) is 131 Å². The van der Waals surface area contributed by atoms with Crippen molar-refractivity contribution in [3.05, 3.63) is 459 Å². The summed E-state index contributed by atoms with van der Waals surface area (Å²) >= 11 is 5.81. The van der Waals surface area contributed by atoms with Gasteiger partial charge in [-0.05, 0) is 312 Å². The highest BCUT2D eigenvalue weighted by Gasteiger charge is 2.20. The Labute approximate surface area is 862 Å². The maximum atomic E-state index is 9.33. The SMILES string of the molecule is Brc1ccc2c3ccccc3n(-c3ccccn3)c2c1.COc1cccc(-n2nc(C)cc2C)c1.COc1cccc(I)c1.Cc1cc(C)[nH]n1.Cc1cc(C)n(-c2cccc(O)c2)n1.Cc1cc(C)n(-c2cccc(O)c2)n1.Cc1cc(C)n(-c2cccc(Oc3ccc4c5ccccc5n(-c5ccccn5)c4c3)c2)n1.Cc1cc(C)n(-c2cccc(Oc3ccc4c5ccccc5n(-c5ccccn5)c4c3)c2)n1. The Kier molecular flexibility index (Phi) is 31.2. The van der Waals surface area contributed by atoms with E-state index in [1.807, 2.05) is 305 Å². The quantitative estimate of drug-likeness (QED) is 0.0857. The molecule has 0 radical (unpaired) electrons. The molecule has 0 atom stereocenters. The minimum absolute atomic E-state index is 0.259. The van der Waals surface area contributed by atoms with E-state index in [1.165, 1.54) is 46.9 Å². The first kappa shape index (κ1) is 99.3. The predicted molar refractivity (Wildman–Crippen MR) is 592 cm³/mol. The van der Waals surface area contributed by atoms with Crippen molar-refractivity contribution in [2.45, 2.75) is 83.1 Å². The lowest BCUT2D eigenvalue weighted by Crippen LogP contribution is -1.99. The van der Waals surface area contributed by atoms with Gasteiger partial charge in [0.1, 0.15) is 63.4 Å². The van der Waals surface area contributed by atoms with E-state index in [9.17, 15) is 10.2 Å². The number of phenols is 2. The molecule has 12 aromatic carbocycles. The number of hydrogen-bond donors (Lipinski definition) is 3. The monoisotopic (exact) mass is 2090 g/mol. The Morgan fingerprint density at radius 1 is 0.262 bits per heavy atom. The van der Waals surface area contributed by atoms with Gasteiger partial charge >= 0.3 is 0 Å². The molecule has 3 N–H and O–H groups in total. The lowest BCUT2D eigenvalue weighted by atomic mass is 10.1. The third-order valence-electron chi connectivity index (χ3n) is 23.5. The lowest BCUT2D eigenvalue weighted by molar-refractivity contribution is 0.414. The van der Waals surface area contributed by atoms with Gasteiger partial charge in [-0.3, -0.25) is 18.8 Å². The molecule has 0 aliphatic carbocycles. The number of nitrogens with one attached hydrogen (secondary N) is 1. The number of hydrogen-bond acceptors (Lipinski definition) is 15. The number of phenolic OH excluding ortho intramolecular Hbond substituents is 2. The number of aromatic nitrogens is 18. The molecule has 26 heteroatoms. The van der Waals surface area contributed by atoms with Crippen molar-refractivity contribution in [1.82, 2.24) is 87.8 Å². The number of nitrogens with zero attached hydrogens (tertiary/aromatic N) is 17. The number of aromatic hydroxyl groups is 2. The molecule has 12 heterocycles. The van der Waals surface area contributed by atoms with Gasteiger partial charge in [0.25, 0.3) is 0 Å². The summed E-state index contributed by atoms with van der Waals surface area (Å²) in [6.07, 6.45) is 5.47. The minimum atomic E-state index is 0.259. The normalized spacial score (nSPS) is 10.8. The van der Waals surface area contributed by atoms with Crippen LogP contribution >= 0.6 is 38.5 Å². The van der Waals surface area contributed by atoms with Gasteiger partial charge < -0.3 is 29.2 Å². The van der Waals surface area contributed by atoms with Crippen LogP contribution in [0, 0.1) is 86.7 Å². The van der Waals surface area contributed by atoms with Crippen LogP contribution in [0.4, 0.5) is 0 Å². The summed E-state index contributed by atoms with van der Waals surface area (Å²) in [6.45, 7) is 24.0. The van der Waals surface area contributed by atoms with Crippen molar-refractivity contribution in [2.75, 3.05) is 14.2 Å². The van der Waals surface area contributed by atoms with E-state index in [2.05, 4.69) is 250 Å². The maximum absolute atomic E-state index is 9.33. The molecule has 24 aromatic rings. The average molecular weight is 2090 g/mol. The maximum Gasteiger partial charge on any atom is 0.137 e. The molecular formula is C119H108BrIN18O6. The van der Waals surface area contributed by atoms with Gasteiger partial charge in [0.15, 0.2) is 0 Å². The van der Waals surface area contributed by atoms with Gasteiger partial charge in [0.05, 0.1) is 110 Å². The summed E-state index contributed by atoms with van der Waals surface area (Å²) in [5, 5.41) is 54.8. The summed E-state index contributed by atoms with van der Waals surface area (Å²) in [4.78, 5) is 13.7. The number of benzene rings is 12. The molecule has 0 unspecified atom stereocenters. The first-order valence-electron chi connectivity index (χ1n) is 47.1. The molecular weight excluding hydrogens is 1980 g/mol. The van der Waals surface area contributed by atoms with Gasteiger partial charge in [0, 0.05) is 136 Å². The van der Waals surface area contributed by atoms with Crippen molar-refractivity contribution in [1.29, 1.82) is 0 Å². The van der Waals surface area contributed by atoms with E-state index in [-0.39, 0.29) is 11.5 Å². The van der Waals surface area contributed by atoms with Gasteiger partial charge in [-0.15, -0.1) is 0 Å². The number of para-hydroxylation sites is 3. The topological polar surface area (TPSA) is 249 Å². The van der Waals surface area contributed by atoms with Crippen molar-refractivity contribution in [2.24, 2.45) is 0 Å². The molecule has 0 bridgehead atoms. The van der Waals surface area contributed by atoms with Crippen LogP contribution in [0.15, 0.2) is 387 Å². The molecule has 0 saturated heterocycles. The fraction of sp³-hybridized carbons (Fsp3) is 0.118. The van der Waals surface area contributed by atoms with Gasteiger partial charge in [-0.25, -0.2) is 38.4 Å². The third kappa shape index (κ3) is 23.8. The molecule has 12 aromatic heterocycles. The zero-order valence-corrected chi connectivity index (χ0v) is 86.5. The van der Waals surface area contributed by atoms with E-state index in [1.54, 1.807) is 50.6 Å². The number of ether oxygens (including phenoxy) is 4. The number of aromatic amines is 1. The second-order valence-corrected chi connectivity index (χ2v) is 36.8. The average Bonchev–Trinajstić information content (AvgIpc) is 1.60. The summed E-state index contributed by atoms with van der Waals surface area (Å²) in [6, 6.07) is 120. The molecule has 724 valence electrons. The zero-order valence-electron chi connectivity index (χ0n) is 82.8. The fourth-order valence-corrected chi connectivity index (χ4v) is 18.3. The number of H-pyrrole nitrogens is 1. The fourth-order valence-electron chi connectivity index (χ4n) is 17.4. The van der Waals surface area contributed by atoms with Gasteiger partial charge in [0.2, 0.25) is 0 Å². The Balaban J connectivity index is 0.000000119. The zero-order chi connectivity index (χ0) is 101. The summed E-state index contributed by atoms with van der Waals surface area (Å²) < 4.78 is 41.0. The lowest BCUT2D eigenvalue weighted by Gasteiger charge is -2.10. The number of fused-ring (bicyclic) bond motifs is 9. The van der Waals surface area contributed by atoms with Crippen molar-refractivity contribution < 1.29 is 29.2 Å². The highest BCUT2D eigenvalue weighted by molar-refractivity contribution is 14.1. The van der Waals surface area contributed by atoms with Crippen molar-refractivity contribution in [3.63, 3.8) is 0 Å². The molecule has 0 amide bonds. The van der Waals surface area contributed by atoms with Crippen LogP contribution in [0.1, 0.15) is 68.3 Å². The second-order valence-electron chi connectivity index (χ2n) is 34.6. The van der Waals surface area contributed by atoms with Crippen LogP contribution < -0.4 is 18.9 Å². The molecule has 0 aliphatic rings. The first-order chi connectivity index (χ1) is 70.3. The number of halogens is 2. The Bertz CT molecular complexity index is 8260. The summed E-state index contributed by atoms with van der Waals surface area (Å²) in [5.74, 6) is 8.06. The van der Waals surface area contributed by atoms with Crippen LogP contribution in [0.2, 0.25) is 0 Å². The van der Waals surface area contributed by atoms with Crippen molar-refractivity contribution >= 4 is 104 Å². The smallest absolute Gasteiger partial charge is 0.137 e. The Morgan fingerprint density at radius 2 is 0.559 bits per heavy atom. The Morgan fingerprint density at radius 3 is 0.855 bits per heavy atom. The van der Waals surface area contributed by atoms with E-state index in [0.29, 0.717) is 0 Å². The molecule has 0 fully saturated rings. The van der Waals surface area contributed by atoms with Crippen LogP contribution in [-0.4, -0.2) is 112 Å². The van der Waals surface area contributed by atoms with Gasteiger partial charge in [-0.2, -0.15) is 30.6 Å².